The van der Waals surface area contributed by atoms with Crippen LogP contribution in [0, 0.1) is 11.8 Å². The van der Waals surface area contributed by atoms with Crippen LogP contribution in [-0.4, -0.2) is 47.2 Å². The number of aromatic nitrogens is 4. The molecule has 3 rings (SSSR count). The largest absolute Gasteiger partial charge is 0.492 e. The van der Waals surface area contributed by atoms with Crippen molar-refractivity contribution < 1.29 is 24.9 Å². The van der Waals surface area contributed by atoms with Gasteiger partial charge < -0.3 is 21.1 Å². The van der Waals surface area contributed by atoms with E-state index in [4.69, 9.17) is 10.8 Å². The van der Waals surface area contributed by atoms with Crippen molar-refractivity contribution in [1.82, 2.24) is 19.9 Å². The molecule has 0 fully saturated rings. The summed E-state index contributed by atoms with van der Waals surface area (Å²) in [7, 11) is 0. The number of benzene rings is 1. The first kappa shape index (κ1) is 19.5. The molecule has 29 heavy (non-hydrogen) atoms. The molecule has 0 aliphatic rings. The number of anilines is 1. The minimum absolute atomic E-state index is 0.0243. The number of hydrogen-bond acceptors (Lipinski definition) is 8. The maximum atomic E-state index is 11.9. The predicted octanol–water partition coefficient (Wildman–Crippen LogP) is 1.19. The summed E-state index contributed by atoms with van der Waals surface area (Å²) in [6, 6.07) is 5.59. The number of aliphatic carboxylic acids is 1. The van der Waals surface area contributed by atoms with E-state index in [0.717, 1.165) is 0 Å². The summed E-state index contributed by atoms with van der Waals surface area (Å²) in [6.45, 7) is 1.49. The Morgan fingerprint density at radius 2 is 1.83 bits per heavy atom. The molecule has 0 amide bonds. The summed E-state index contributed by atoms with van der Waals surface area (Å²) in [5, 5.41) is 28.5. The lowest BCUT2D eigenvalue weighted by atomic mass is 9.79. The number of nitrogens with two attached hydrogens (primary N) is 1. The fourth-order valence-electron chi connectivity index (χ4n) is 2.56. The van der Waals surface area contributed by atoms with E-state index in [2.05, 4.69) is 31.8 Å². The van der Waals surface area contributed by atoms with Gasteiger partial charge in [0.2, 0.25) is 11.8 Å². The molecular formula is C19H15N5O5. The summed E-state index contributed by atoms with van der Waals surface area (Å²) in [5.74, 6) is 2.68. The molecule has 0 aliphatic heterocycles. The van der Waals surface area contributed by atoms with E-state index in [1.165, 1.54) is 37.4 Å². The minimum Gasteiger partial charge on any atom is -0.492 e. The Kier molecular flexibility index (Phi) is 4.97. The number of carboxylic acid groups (broad SMARTS) is 2. The number of aromatic carboxylic acids is 1. The van der Waals surface area contributed by atoms with Gasteiger partial charge in [0, 0.05) is 6.42 Å². The highest BCUT2D eigenvalue weighted by molar-refractivity contribution is 5.88. The molecule has 1 unspecified atom stereocenters. The van der Waals surface area contributed by atoms with Crippen LogP contribution in [0.5, 0.6) is 5.88 Å². The molecule has 0 bridgehead atoms. The summed E-state index contributed by atoms with van der Waals surface area (Å²) < 4.78 is 0. The van der Waals surface area contributed by atoms with Crippen LogP contribution in [0.15, 0.2) is 30.5 Å². The molecule has 10 nitrogen and oxygen atoms in total. The highest BCUT2D eigenvalue weighted by Crippen LogP contribution is 2.28. The van der Waals surface area contributed by atoms with Gasteiger partial charge in [0.1, 0.15) is 11.1 Å². The smallest absolute Gasteiger partial charge is 0.335 e. The Balaban J connectivity index is 1.90. The molecule has 0 saturated carbocycles. The second kappa shape index (κ2) is 7.40. The summed E-state index contributed by atoms with van der Waals surface area (Å²) in [4.78, 5) is 38.4. The number of nitrogen functional groups attached to an aromatic ring is 1. The Morgan fingerprint density at radius 1 is 1.14 bits per heavy atom. The Labute approximate surface area is 164 Å². The zero-order valence-electron chi connectivity index (χ0n) is 15.1. The van der Waals surface area contributed by atoms with Crippen molar-refractivity contribution in [1.29, 1.82) is 0 Å². The molecule has 1 aromatic carbocycles. The third-order valence-corrected chi connectivity index (χ3v) is 4.31. The summed E-state index contributed by atoms with van der Waals surface area (Å²) in [6.07, 6.45) is 1.25. The van der Waals surface area contributed by atoms with E-state index in [1.807, 2.05) is 0 Å². The van der Waals surface area contributed by atoms with E-state index in [0.29, 0.717) is 5.56 Å². The Bertz CT molecular complexity index is 1180. The van der Waals surface area contributed by atoms with Crippen molar-refractivity contribution in [2.24, 2.45) is 0 Å². The van der Waals surface area contributed by atoms with Crippen LogP contribution in [-0.2, 0) is 10.2 Å². The van der Waals surface area contributed by atoms with Crippen LogP contribution in [0.1, 0.15) is 35.0 Å². The second-order valence-electron chi connectivity index (χ2n) is 6.33. The molecule has 5 N–H and O–H groups in total. The van der Waals surface area contributed by atoms with Crippen LogP contribution >= 0.6 is 0 Å². The van der Waals surface area contributed by atoms with Crippen LogP contribution in [0.2, 0.25) is 0 Å². The standard InChI is InChI=1S/C19H15N5O5/c1-19(17(28)29,11-6-4-10(5-7-11)16(26)27)8-2-3-12-9-21-14-13(22-12)15(25)24-18(20)23-14/h4-7,9H,8H2,1H3,(H,26,27)(H,28,29)(H3,20,21,23,24,25). The Hall–Kier alpha value is -4.26. The third kappa shape index (κ3) is 3.89. The molecule has 10 heteroatoms. The molecule has 146 valence electrons. The van der Waals surface area contributed by atoms with Crippen molar-refractivity contribution in [3.05, 3.63) is 47.3 Å². The van der Waals surface area contributed by atoms with Crippen LogP contribution in [0.4, 0.5) is 5.95 Å². The summed E-state index contributed by atoms with van der Waals surface area (Å²) in [5.41, 5.74) is 4.86. The summed E-state index contributed by atoms with van der Waals surface area (Å²) >= 11 is 0. The number of fused-ring (bicyclic) bond motifs is 1. The molecule has 2 heterocycles. The lowest BCUT2D eigenvalue weighted by molar-refractivity contribution is -0.143. The van der Waals surface area contributed by atoms with E-state index in [1.54, 1.807) is 0 Å². The zero-order chi connectivity index (χ0) is 21.2. The van der Waals surface area contributed by atoms with Crippen molar-refractivity contribution >= 4 is 29.1 Å². The van der Waals surface area contributed by atoms with E-state index < -0.39 is 23.2 Å². The molecule has 1 atom stereocenters. The third-order valence-electron chi connectivity index (χ3n) is 4.31. The van der Waals surface area contributed by atoms with Gasteiger partial charge in [-0.2, -0.15) is 9.97 Å². The average molecular weight is 393 g/mol. The topological polar surface area (TPSA) is 172 Å². The molecule has 2 aromatic heterocycles. The molecule has 0 spiro atoms. The monoisotopic (exact) mass is 393 g/mol. The molecular weight excluding hydrogens is 378 g/mol. The number of carbonyl (C=O) groups is 2. The normalized spacial score (nSPS) is 12.6. The second-order valence-corrected chi connectivity index (χ2v) is 6.33. The Morgan fingerprint density at radius 3 is 2.45 bits per heavy atom. The lowest BCUT2D eigenvalue weighted by Crippen LogP contribution is -2.32. The van der Waals surface area contributed by atoms with Gasteiger partial charge in [-0.1, -0.05) is 18.1 Å². The highest BCUT2D eigenvalue weighted by Gasteiger charge is 2.34. The number of aromatic hydroxyl groups is 1. The first-order chi connectivity index (χ1) is 13.7. The van der Waals surface area contributed by atoms with Gasteiger partial charge in [-0.05, 0) is 30.5 Å². The van der Waals surface area contributed by atoms with E-state index >= 15 is 0 Å². The van der Waals surface area contributed by atoms with Crippen molar-refractivity contribution in [2.75, 3.05) is 5.73 Å². The molecule has 0 saturated heterocycles. The molecule has 3 aromatic rings. The average Bonchev–Trinajstić information content (AvgIpc) is 2.68. The van der Waals surface area contributed by atoms with Gasteiger partial charge in [0.15, 0.2) is 11.2 Å². The molecule has 0 radical (unpaired) electrons. The maximum Gasteiger partial charge on any atom is 0.335 e. The number of rotatable bonds is 4. The lowest BCUT2D eigenvalue weighted by Gasteiger charge is -2.23. The van der Waals surface area contributed by atoms with Gasteiger partial charge in [-0.25, -0.2) is 14.8 Å². The van der Waals surface area contributed by atoms with Gasteiger partial charge in [0.05, 0.1) is 11.8 Å². The SMILES string of the molecule is CC(CC#Cc1cnc2nc(N)nc(O)c2n1)(C(=O)O)c1ccc(C(=O)O)cc1. The van der Waals surface area contributed by atoms with E-state index in [-0.39, 0.29) is 34.8 Å². The maximum absolute atomic E-state index is 11.9. The fraction of sp³-hybridized carbons (Fsp3) is 0.158. The zero-order valence-corrected chi connectivity index (χ0v) is 15.1. The quantitative estimate of drug-likeness (QED) is 0.472. The predicted molar refractivity (Wildman–Crippen MR) is 101 cm³/mol. The molecule has 0 aliphatic carbocycles. The van der Waals surface area contributed by atoms with Gasteiger partial charge in [-0.3, -0.25) is 4.79 Å². The number of nitrogens with zero attached hydrogens (tertiary/aromatic N) is 4. The highest BCUT2D eigenvalue weighted by atomic mass is 16.4. The van der Waals surface area contributed by atoms with Gasteiger partial charge in [0.25, 0.3) is 0 Å². The number of hydrogen-bond donors (Lipinski definition) is 4. The fourth-order valence-corrected chi connectivity index (χ4v) is 2.56. The van der Waals surface area contributed by atoms with Crippen molar-refractivity contribution in [2.45, 2.75) is 18.8 Å². The first-order valence-corrected chi connectivity index (χ1v) is 8.26. The number of carboxylic acids is 2. The van der Waals surface area contributed by atoms with Gasteiger partial charge >= 0.3 is 11.9 Å². The van der Waals surface area contributed by atoms with E-state index in [9.17, 15) is 19.8 Å². The first-order valence-electron chi connectivity index (χ1n) is 8.26. The van der Waals surface area contributed by atoms with Gasteiger partial charge in [-0.15, -0.1) is 0 Å². The van der Waals surface area contributed by atoms with Crippen LogP contribution in [0.25, 0.3) is 11.2 Å². The van der Waals surface area contributed by atoms with Crippen LogP contribution < -0.4 is 5.73 Å². The van der Waals surface area contributed by atoms with Crippen molar-refractivity contribution in [3.63, 3.8) is 0 Å². The minimum atomic E-state index is -1.37. The van der Waals surface area contributed by atoms with Crippen molar-refractivity contribution in [3.8, 4) is 17.7 Å². The van der Waals surface area contributed by atoms with Crippen LogP contribution in [0.3, 0.4) is 0 Å².